The van der Waals surface area contributed by atoms with Crippen molar-refractivity contribution in [3.63, 3.8) is 0 Å². The highest BCUT2D eigenvalue weighted by Gasteiger charge is 2.36. The van der Waals surface area contributed by atoms with Gasteiger partial charge in [-0.15, -0.1) is 11.8 Å². The summed E-state index contributed by atoms with van der Waals surface area (Å²) in [6, 6.07) is 11.3. The molecule has 0 radical (unpaired) electrons. The number of hydrogen-bond acceptors (Lipinski definition) is 6. The van der Waals surface area contributed by atoms with Gasteiger partial charge in [0, 0.05) is 36.1 Å². The molecule has 35 heavy (non-hydrogen) atoms. The molecule has 1 atom stereocenters. The van der Waals surface area contributed by atoms with E-state index in [1.54, 1.807) is 41.6 Å². The van der Waals surface area contributed by atoms with Crippen LogP contribution in [-0.2, 0) is 9.53 Å². The van der Waals surface area contributed by atoms with E-state index in [4.69, 9.17) is 4.74 Å². The molecule has 3 aromatic rings. The van der Waals surface area contributed by atoms with Crippen molar-refractivity contribution in [3.8, 4) is 11.1 Å². The number of benzene rings is 2. The Morgan fingerprint density at radius 3 is 2.60 bits per heavy atom. The van der Waals surface area contributed by atoms with E-state index in [0.29, 0.717) is 35.6 Å². The van der Waals surface area contributed by atoms with Crippen LogP contribution in [0, 0.1) is 12.7 Å². The fraction of sp³-hybridized carbons (Fsp3) is 0.269. The summed E-state index contributed by atoms with van der Waals surface area (Å²) in [5.74, 6) is -1.19. The Kier molecular flexibility index (Phi) is 6.44. The van der Waals surface area contributed by atoms with Crippen LogP contribution in [-0.4, -0.2) is 54.0 Å². The number of morpholine rings is 1. The third-order valence-electron chi connectivity index (χ3n) is 6.34. The van der Waals surface area contributed by atoms with Crippen LogP contribution in [0.25, 0.3) is 11.1 Å². The highest BCUT2D eigenvalue weighted by molar-refractivity contribution is 8.00. The van der Waals surface area contributed by atoms with Gasteiger partial charge < -0.3 is 14.7 Å². The van der Waals surface area contributed by atoms with Crippen molar-refractivity contribution in [1.82, 2.24) is 4.98 Å². The molecule has 5 rings (SSSR count). The minimum absolute atomic E-state index is 0.0818. The number of carboxylic acid groups (broad SMARTS) is 1. The summed E-state index contributed by atoms with van der Waals surface area (Å²) in [6.07, 6.45) is 3.42. The van der Waals surface area contributed by atoms with Crippen molar-refractivity contribution < 1.29 is 23.8 Å². The first-order chi connectivity index (χ1) is 16.9. The quantitative estimate of drug-likeness (QED) is 0.560. The molecule has 0 aliphatic carbocycles. The van der Waals surface area contributed by atoms with Crippen LogP contribution in [0.1, 0.15) is 26.9 Å². The second-order valence-corrected chi connectivity index (χ2v) is 9.52. The maximum absolute atomic E-state index is 13.5. The Bertz CT molecular complexity index is 1280. The van der Waals surface area contributed by atoms with Crippen LogP contribution in [0.5, 0.6) is 0 Å². The number of nitrogens with zero attached hydrogens (tertiary/aromatic N) is 3. The number of thioether (sulfide) groups is 1. The number of carbonyl (C=O) groups excluding carboxylic acids is 1. The molecule has 2 aromatic carbocycles. The Morgan fingerprint density at radius 1 is 1.14 bits per heavy atom. The molecular formula is C26H24FN3O4S. The lowest BCUT2D eigenvalue weighted by Gasteiger charge is -2.29. The van der Waals surface area contributed by atoms with E-state index in [0.717, 1.165) is 24.3 Å². The number of carbonyl (C=O) groups is 2. The van der Waals surface area contributed by atoms with Gasteiger partial charge in [0.05, 0.1) is 36.4 Å². The molecule has 2 fully saturated rings. The zero-order valence-corrected chi connectivity index (χ0v) is 19.9. The number of anilines is 2. The van der Waals surface area contributed by atoms with E-state index in [9.17, 15) is 19.1 Å². The fourth-order valence-corrected chi connectivity index (χ4v) is 5.80. The minimum atomic E-state index is -1.05. The maximum Gasteiger partial charge on any atom is 0.336 e. The molecule has 0 saturated carbocycles. The van der Waals surface area contributed by atoms with Crippen molar-refractivity contribution in [3.05, 3.63) is 77.4 Å². The van der Waals surface area contributed by atoms with E-state index in [1.165, 1.54) is 23.9 Å². The van der Waals surface area contributed by atoms with Gasteiger partial charge in [0.15, 0.2) is 0 Å². The fourth-order valence-electron chi connectivity index (χ4n) is 4.63. The number of amides is 1. The van der Waals surface area contributed by atoms with Gasteiger partial charge in [0.1, 0.15) is 11.2 Å². The highest BCUT2D eigenvalue weighted by atomic mass is 32.2. The van der Waals surface area contributed by atoms with E-state index < -0.39 is 5.97 Å². The summed E-state index contributed by atoms with van der Waals surface area (Å²) < 4.78 is 18.9. The molecule has 3 heterocycles. The molecule has 1 unspecified atom stereocenters. The van der Waals surface area contributed by atoms with Crippen molar-refractivity contribution in [2.45, 2.75) is 12.3 Å². The zero-order valence-electron chi connectivity index (χ0n) is 19.1. The maximum atomic E-state index is 13.5. The van der Waals surface area contributed by atoms with Gasteiger partial charge in [-0.3, -0.25) is 14.7 Å². The van der Waals surface area contributed by atoms with Gasteiger partial charge in [-0.25, -0.2) is 9.18 Å². The average molecular weight is 494 g/mol. The predicted molar refractivity (Wildman–Crippen MR) is 133 cm³/mol. The molecule has 2 saturated heterocycles. The van der Waals surface area contributed by atoms with E-state index in [-0.39, 0.29) is 28.4 Å². The van der Waals surface area contributed by atoms with Gasteiger partial charge in [-0.2, -0.15) is 0 Å². The SMILES string of the molecule is Cc1c(N2C(=O)CSC2c2ccc(F)cc2)ccc(C(=O)O)c1-c1cncc(N2CCOCC2)c1. The molecule has 1 amide bonds. The van der Waals surface area contributed by atoms with Crippen LogP contribution >= 0.6 is 11.8 Å². The summed E-state index contributed by atoms with van der Waals surface area (Å²) in [7, 11) is 0. The summed E-state index contributed by atoms with van der Waals surface area (Å²) >= 11 is 1.46. The lowest BCUT2D eigenvalue weighted by atomic mass is 9.93. The van der Waals surface area contributed by atoms with Crippen LogP contribution in [0.4, 0.5) is 15.8 Å². The second kappa shape index (κ2) is 9.67. The molecule has 2 aliphatic heterocycles. The number of aromatic carboxylic acids is 1. The Balaban J connectivity index is 1.60. The Hall–Kier alpha value is -3.43. The second-order valence-electron chi connectivity index (χ2n) is 8.45. The van der Waals surface area contributed by atoms with Gasteiger partial charge in [-0.05, 0) is 48.4 Å². The third kappa shape index (κ3) is 4.49. The lowest BCUT2D eigenvalue weighted by molar-refractivity contribution is -0.115. The highest BCUT2D eigenvalue weighted by Crippen LogP contribution is 2.45. The van der Waals surface area contributed by atoms with Crippen molar-refractivity contribution >= 4 is 35.0 Å². The smallest absolute Gasteiger partial charge is 0.336 e. The third-order valence-corrected chi connectivity index (χ3v) is 7.55. The minimum Gasteiger partial charge on any atom is -0.478 e. The first kappa shape index (κ1) is 23.3. The van der Waals surface area contributed by atoms with Crippen molar-refractivity contribution in [2.24, 2.45) is 0 Å². The van der Waals surface area contributed by atoms with E-state index in [2.05, 4.69) is 9.88 Å². The average Bonchev–Trinajstić information content (AvgIpc) is 3.25. The normalized spacial score (nSPS) is 18.2. The van der Waals surface area contributed by atoms with E-state index in [1.807, 2.05) is 13.0 Å². The van der Waals surface area contributed by atoms with Gasteiger partial charge >= 0.3 is 5.97 Å². The van der Waals surface area contributed by atoms with Crippen LogP contribution in [0.3, 0.4) is 0 Å². The Labute approximate surface area is 206 Å². The standard InChI is InChI=1S/C26H24FN3O4S/c1-16-22(30-23(31)15-35-25(30)17-2-4-19(27)5-3-17)7-6-21(26(32)33)24(16)18-12-20(14-28-13-18)29-8-10-34-11-9-29/h2-7,12-14,25H,8-11,15H2,1H3,(H,32,33). The Morgan fingerprint density at radius 2 is 1.89 bits per heavy atom. The largest absolute Gasteiger partial charge is 0.478 e. The summed E-state index contributed by atoms with van der Waals surface area (Å²) in [5, 5.41) is 9.64. The van der Waals surface area contributed by atoms with Crippen molar-refractivity contribution in [2.75, 3.05) is 41.9 Å². The molecule has 0 bridgehead atoms. The van der Waals surface area contributed by atoms with Gasteiger partial charge in [0.25, 0.3) is 0 Å². The number of rotatable bonds is 5. The predicted octanol–water partition coefficient (Wildman–Crippen LogP) is 4.51. The summed E-state index contributed by atoms with van der Waals surface area (Å²) in [6.45, 7) is 4.54. The molecule has 9 heteroatoms. The van der Waals surface area contributed by atoms with Crippen LogP contribution in [0.15, 0.2) is 54.9 Å². The topological polar surface area (TPSA) is 83.0 Å². The molecule has 180 valence electrons. The molecule has 2 aliphatic rings. The number of pyridine rings is 1. The molecule has 7 nitrogen and oxygen atoms in total. The first-order valence-electron chi connectivity index (χ1n) is 11.3. The molecule has 1 aromatic heterocycles. The van der Waals surface area contributed by atoms with E-state index >= 15 is 0 Å². The first-order valence-corrected chi connectivity index (χ1v) is 12.3. The van der Waals surface area contributed by atoms with Gasteiger partial charge in [-0.1, -0.05) is 12.1 Å². The number of halogens is 1. The number of carboxylic acids is 1. The lowest BCUT2D eigenvalue weighted by Crippen LogP contribution is -2.36. The number of hydrogen-bond donors (Lipinski definition) is 1. The molecule has 0 spiro atoms. The molecule has 1 N–H and O–H groups in total. The summed E-state index contributed by atoms with van der Waals surface area (Å²) in [4.78, 5) is 33.4. The van der Waals surface area contributed by atoms with Gasteiger partial charge in [0.2, 0.25) is 5.91 Å². The number of ether oxygens (including phenoxy) is 1. The van der Waals surface area contributed by atoms with Crippen molar-refractivity contribution in [1.29, 1.82) is 0 Å². The molecular weight excluding hydrogens is 469 g/mol. The zero-order chi connectivity index (χ0) is 24.5. The van der Waals surface area contributed by atoms with Crippen LogP contribution in [0.2, 0.25) is 0 Å². The monoisotopic (exact) mass is 493 g/mol. The summed E-state index contributed by atoms with van der Waals surface area (Å²) in [5.41, 5.74) is 4.35. The number of aromatic nitrogens is 1. The van der Waals surface area contributed by atoms with Crippen LogP contribution < -0.4 is 9.80 Å².